The molecule has 4 heteroatoms. The van der Waals surface area contributed by atoms with E-state index >= 15 is 0 Å². The van der Waals surface area contributed by atoms with Gasteiger partial charge in [-0.2, -0.15) is 0 Å². The van der Waals surface area contributed by atoms with Gasteiger partial charge in [0.2, 0.25) is 0 Å². The summed E-state index contributed by atoms with van der Waals surface area (Å²) in [5.41, 5.74) is 0. The van der Waals surface area contributed by atoms with E-state index in [2.05, 4.69) is 23.6 Å². The lowest BCUT2D eigenvalue weighted by Gasteiger charge is -2.21. The molecule has 1 saturated heterocycles. The van der Waals surface area contributed by atoms with Crippen molar-refractivity contribution in [2.24, 2.45) is 0 Å². The van der Waals surface area contributed by atoms with Crippen LogP contribution in [0.4, 0.5) is 0 Å². The average molecular weight is 244 g/mol. The molecular formula is C13H28N2O2. The van der Waals surface area contributed by atoms with E-state index in [0.29, 0.717) is 0 Å². The van der Waals surface area contributed by atoms with E-state index in [1.165, 1.54) is 32.6 Å². The van der Waals surface area contributed by atoms with Crippen molar-refractivity contribution in [2.45, 2.75) is 20.3 Å². The van der Waals surface area contributed by atoms with Gasteiger partial charge in [-0.05, 0) is 33.4 Å². The Bertz CT molecular complexity index is 161. The van der Waals surface area contributed by atoms with Crippen molar-refractivity contribution in [3.63, 3.8) is 0 Å². The molecule has 0 spiro atoms. The van der Waals surface area contributed by atoms with Crippen molar-refractivity contribution in [2.75, 3.05) is 65.7 Å². The highest BCUT2D eigenvalue weighted by Crippen LogP contribution is 2.02. The molecule has 1 rings (SSSR count). The van der Waals surface area contributed by atoms with Crippen LogP contribution in [0.25, 0.3) is 0 Å². The molecule has 0 saturated carbocycles. The minimum Gasteiger partial charge on any atom is -0.380 e. The number of hydrogen-bond acceptors (Lipinski definition) is 4. The van der Waals surface area contributed by atoms with Crippen LogP contribution in [0.15, 0.2) is 0 Å². The molecule has 1 aliphatic rings. The molecule has 1 aliphatic heterocycles. The van der Waals surface area contributed by atoms with E-state index < -0.39 is 0 Å². The maximum absolute atomic E-state index is 5.41. The molecule has 4 nitrogen and oxygen atoms in total. The lowest BCUT2D eigenvalue weighted by atomic mass is 10.4. The number of hydrogen-bond donors (Lipinski definition) is 0. The Morgan fingerprint density at radius 2 is 1.24 bits per heavy atom. The molecule has 1 fully saturated rings. The Morgan fingerprint density at radius 1 is 0.765 bits per heavy atom. The van der Waals surface area contributed by atoms with Crippen LogP contribution in [0.1, 0.15) is 20.3 Å². The highest BCUT2D eigenvalue weighted by atomic mass is 16.5. The lowest BCUT2D eigenvalue weighted by molar-refractivity contribution is 0.107. The Morgan fingerprint density at radius 3 is 1.65 bits per heavy atom. The fourth-order valence-corrected chi connectivity index (χ4v) is 2.15. The minimum absolute atomic E-state index is 0.828. The first-order chi connectivity index (χ1) is 8.36. The summed E-state index contributed by atoms with van der Waals surface area (Å²) in [6, 6.07) is 0. The second-order valence-corrected chi connectivity index (χ2v) is 4.43. The predicted octanol–water partition coefficient (Wildman–Crippen LogP) is 1.07. The summed E-state index contributed by atoms with van der Waals surface area (Å²) < 4.78 is 10.8. The van der Waals surface area contributed by atoms with Gasteiger partial charge in [0, 0.05) is 39.4 Å². The van der Waals surface area contributed by atoms with Gasteiger partial charge in [0.15, 0.2) is 0 Å². The van der Waals surface area contributed by atoms with Gasteiger partial charge in [-0.15, -0.1) is 0 Å². The van der Waals surface area contributed by atoms with Crippen molar-refractivity contribution in [1.82, 2.24) is 9.80 Å². The summed E-state index contributed by atoms with van der Waals surface area (Å²) in [4.78, 5) is 5.02. The van der Waals surface area contributed by atoms with Crippen LogP contribution in [-0.2, 0) is 9.47 Å². The molecule has 0 N–H and O–H groups in total. The summed E-state index contributed by atoms with van der Waals surface area (Å²) in [5, 5.41) is 0. The number of nitrogens with zero attached hydrogens (tertiary/aromatic N) is 2. The fourth-order valence-electron chi connectivity index (χ4n) is 2.15. The minimum atomic E-state index is 0.828. The van der Waals surface area contributed by atoms with E-state index in [9.17, 15) is 0 Å². The normalized spacial score (nSPS) is 19.4. The topological polar surface area (TPSA) is 24.9 Å². The first-order valence-corrected chi connectivity index (χ1v) is 6.97. The van der Waals surface area contributed by atoms with Gasteiger partial charge in [0.25, 0.3) is 0 Å². The Kier molecular flexibility index (Phi) is 8.61. The smallest absolute Gasteiger partial charge is 0.0593 e. The second-order valence-electron chi connectivity index (χ2n) is 4.43. The Labute approximate surface area is 106 Å². The maximum atomic E-state index is 5.41. The van der Waals surface area contributed by atoms with Crippen LogP contribution >= 0.6 is 0 Å². The van der Waals surface area contributed by atoms with Crippen molar-refractivity contribution in [3.8, 4) is 0 Å². The third kappa shape index (κ3) is 6.99. The maximum Gasteiger partial charge on any atom is 0.0593 e. The molecule has 0 aromatic carbocycles. The zero-order chi connectivity index (χ0) is 12.3. The molecule has 0 aromatic rings. The van der Waals surface area contributed by atoms with Crippen molar-refractivity contribution < 1.29 is 9.47 Å². The SMILES string of the molecule is CCOCCN1CCCN(CCOCC)CC1. The molecule has 0 atom stereocenters. The molecule has 17 heavy (non-hydrogen) atoms. The molecule has 0 unspecified atom stereocenters. The van der Waals surface area contributed by atoms with E-state index in [4.69, 9.17) is 9.47 Å². The first-order valence-electron chi connectivity index (χ1n) is 6.97. The highest BCUT2D eigenvalue weighted by Gasteiger charge is 2.13. The summed E-state index contributed by atoms with van der Waals surface area (Å²) in [6.07, 6.45) is 1.26. The fraction of sp³-hybridized carbons (Fsp3) is 1.00. The van der Waals surface area contributed by atoms with Gasteiger partial charge >= 0.3 is 0 Å². The molecule has 0 aliphatic carbocycles. The molecule has 0 bridgehead atoms. The van der Waals surface area contributed by atoms with Crippen molar-refractivity contribution in [3.05, 3.63) is 0 Å². The van der Waals surface area contributed by atoms with E-state index in [0.717, 1.165) is 39.5 Å². The number of rotatable bonds is 8. The standard InChI is InChI=1S/C13H28N2O2/c1-3-16-12-10-14-6-5-7-15(9-8-14)11-13-17-4-2/h3-13H2,1-2H3. The molecule has 0 aromatic heterocycles. The van der Waals surface area contributed by atoms with Crippen molar-refractivity contribution >= 4 is 0 Å². The van der Waals surface area contributed by atoms with Gasteiger partial charge < -0.3 is 9.47 Å². The number of ether oxygens (including phenoxy) is 2. The molecule has 1 heterocycles. The van der Waals surface area contributed by atoms with Gasteiger partial charge in [0.05, 0.1) is 13.2 Å². The monoisotopic (exact) mass is 244 g/mol. The van der Waals surface area contributed by atoms with Crippen LogP contribution < -0.4 is 0 Å². The Hall–Kier alpha value is -0.160. The van der Waals surface area contributed by atoms with Gasteiger partial charge in [-0.1, -0.05) is 0 Å². The summed E-state index contributed by atoms with van der Waals surface area (Å²) in [7, 11) is 0. The highest BCUT2D eigenvalue weighted by molar-refractivity contribution is 4.69. The van der Waals surface area contributed by atoms with Gasteiger partial charge in [-0.3, -0.25) is 9.80 Å². The van der Waals surface area contributed by atoms with Crippen LogP contribution in [-0.4, -0.2) is 75.5 Å². The van der Waals surface area contributed by atoms with Crippen LogP contribution in [0.5, 0.6) is 0 Å². The largest absolute Gasteiger partial charge is 0.380 e. The molecule has 102 valence electrons. The third-order valence-corrected chi connectivity index (χ3v) is 3.19. The first kappa shape index (κ1) is 14.9. The Balaban J connectivity index is 2.11. The van der Waals surface area contributed by atoms with Crippen LogP contribution in [0, 0.1) is 0 Å². The third-order valence-electron chi connectivity index (χ3n) is 3.19. The quantitative estimate of drug-likeness (QED) is 0.596. The van der Waals surface area contributed by atoms with Gasteiger partial charge in [0.1, 0.15) is 0 Å². The molecular weight excluding hydrogens is 216 g/mol. The van der Waals surface area contributed by atoms with Crippen molar-refractivity contribution in [1.29, 1.82) is 0 Å². The molecule has 0 radical (unpaired) electrons. The lowest BCUT2D eigenvalue weighted by Crippen LogP contribution is -2.34. The van der Waals surface area contributed by atoms with E-state index in [1.807, 2.05) is 0 Å². The summed E-state index contributed by atoms with van der Waals surface area (Å²) >= 11 is 0. The predicted molar refractivity (Wildman–Crippen MR) is 70.5 cm³/mol. The van der Waals surface area contributed by atoms with Crippen LogP contribution in [0.2, 0.25) is 0 Å². The van der Waals surface area contributed by atoms with E-state index in [1.54, 1.807) is 0 Å². The summed E-state index contributed by atoms with van der Waals surface area (Å²) in [6.45, 7) is 14.4. The average Bonchev–Trinajstić information content (AvgIpc) is 2.56. The van der Waals surface area contributed by atoms with Crippen LogP contribution in [0.3, 0.4) is 0 Å². The second kappa shape index (κ2) is 9.83. The summed E-state index contributed by atoms with van der Waals surface area (Å²) in [5.74, 6) is 0. The van der Waals surface area contributed by atoms with E-state index in [-0.39, 0.29) is 0 Å². The van der Waals surface area contributed by atoms with Gasteiger partial charge in [-0.25, -0.2) is 0 Å². The zero-order valence-electron chi connectivity index (χ0n) is 11.5. The zero-order valence-corrected chi connectivity index (χ0v) is 11.5. The molecule has 0 amide bonds.